The van der Waals surface area contributed by atoms with Gasteiger partial charge >= 0.3 is 0 Å². The highest BCUT2D eigenvalue weighted by Gasteiger charge is 2.31. The Labute approximate surface area is 96.8 Å². The van der Waals surface area contributed by atoms with Crippen LogP contribution in [0, 0.1) is 0 Å². The van der Waals surface area contributed by atoms with E-state index in [1.807, 2.05) is 6.07 Å². The van der Waals surface area contributed by atoms with E-state index in [0.717, 1.165) is 5.56 Å². The van der Waals surface area contributed by atoms with Crippen LogP contribution in [0.25, 0.3) is 6.08 Å². The lowest BCUT2D eigenvalue weighted by Crippen LogP contribution is -2.06. The standard InChI is InChI=1S/C10H9BrO3S/c1-14-6-8-5-7-3-2-4-9(11)10(7)15(8,12)13/h2-5H,6H2,1H3. The Morgan fingerprint density at radius 2 is 2.13 bits per heavy atom. The van der Waals surface area contributed by atoms with Crippen molar-refractivity contribution in [1.29, 1.82) is 0 Å². The molecule has 0 saturated carbocycles. The molecule has 1 aliphatic heterocycles. The maximum Gasteiger partial charge on any atom is 0.206 e. The highest BCUT2D eigenvalue weighted by molar-refractivity contribution is 9.10. The summed E-state index contributed by atoms with van der Waals surface area (Å²) in [6.07, 6.45) is 1.65. The minimum Gasteiger partial charge on any atom is -0.379 e. The zero-order chi connectivity index (χ0) is 11.1. The summed E-state index contributed by atoms with van der Waals surface area (Å²) in [4.78, 5) is 0.656. The Bertz CT molecular complexity index is 532. The van der Waals surface area contributed by atoms with Gasteiger partial charge in [0.1, 0.15) is 0 Å². The molecule has 0 spiro atoms. The second-order valence-corrected chi connectivity index (χ2v) is 6.00. The number of benzene rings is 1. The summed E-state index contributed by atoms with van der Waals surface area (Å²) in [7, 11) is -1.87. The molecule has 0 aromatic heterocycles. The van der Waals surface area contributed by atoms with E-state index in [4.69, 9.17) is 4.74 Å². The molecule has 1 heterocycles. The molecule has 0 saturated heterocycles. The highest BCUT2D eigenvalue weighted by atomic mass is 79.9. The van der Waals surface area contributed by atoms with Crippen molar-refractivity contribution in [2.24, 2.45) is 0 Å². The van der Waals surface area contributed by atoms with E-state index >= 15 is 0 Å². The highest BCUT2D eigenvalue weighted by Crippen LogP contribution is 2.37. The molecule has 1 aromatic carbocycles. The molecule has 0 N–H and O–H groups in total. The third-order valence-electron chi connectivity index (χ3n) is 2.21. The first kappa shape index (κ1) is 10.9. The van der Waals surface area contributed by atoms with Gasteiger partial charge in [0.2, 0.25) is 9.84 Å². The molecule has 0 bridgehead atoms. The van der Waals surface area contributed by atoms with Gasteiger partial charge in [-0.1, -0.05) is 12.1 Å². The largest absolute Gasteiger partial charge is 0.379 e. The van der Waals surface area contributed by atoms with Gasteiger partial charge < -0.3 is 4.74 Å². The van der Waals surface area contributed by atoms with E-state index in [1.165, 1.54) is 7.11 Å². The zero-order valence-electron chi connectivity index (χ0n) is 8.03. The molecule has 80 valence electrons. The van der Waals surface area contributed by atoms with Gasteiger partial charge in [-0.2, -0.15) is 0 Å². The molecule has 1 aromatic rings. The van der Waals surface area contributed by atoms with Crippen molar-refractivity contribution in [1.82, 2.24) is 0 Å². The van der Waals surface area contributed by atoms with Crippen molar-refractivity contribution < 1.29 is 13.2 Å². The van der Waals surface area contributed by atoms with Crippen molar-refractivity contribution in [3.63, 3.8) is 0 Å². The first-order chi connectivity index (χ1) is 7.07. The Hall–Kier alpha value is -0.650. The number of hydrogen-bond acceptors (Lipinski definition) is 3. The summed E-state index contributed by atoms with van der Waals surface area (Å²) in [5.74, 6) is 0. The third kappa shape index (κ3) is 1.64. The summed E-state index contributed by atoms with van der Waals surface area (Å²) in [6.45, 7) is 0.115. The minimum absolute atomic E-state index is 0.115. The van der Waals surface area contributed by atoms with Crippen molar-refractivity contribution in [3.8, 4) is 0 Å². The van der Waals surface area contributed by atoms with Crippen molar-refractivity contribution in [2.75, 3.05) is 13.7 Å². The Kier molecular flexibility index (Phi) is 2.70. The van der Waals surface area contributed by atoms with Crippen molar-refractivity contribution in [3.05, 3.63) is 33.1 Å². The minimum atomic E-state index is -3.35. The van der Waals surface area contributed by atoms with Gasteiger partial charge in [-0.15, -0.1) is 0 Å². The van der Waals surface area contributed by atoms with E-state index in [0.29, 0.717) is 14.3 Å². The maximum absolute atomic E-state index is 12.0. The van der Waals surface area contributed by atoms with Gasteiger partial charge in [0, 0.05) is 11.6 Å². The molecule has 0 unspecified atom stereocenters. The molecule has 3 nitrogen and oxygen atoms in total. The summed E-state index contributed by atoms with van der Waals surface area (Å²) in [6, 6.07) is 5.31. The average Bonchev–Trinajstić information content (AvgIpc) is 2.40. The van der Waals surface area contributed by atoms with Crippen LogP contribution in [-0.4, -0.2) is 22.1 Å². The average molecular weight is 289 g/mol. The number of halogens is 1. The van der Waals surface area contributed by atoms with Crippen LogP contribution in [0.3, 0.4) is 0 Å². The van der Waals surface area contributed by atoms with Crippen LogP contribution < -0.4 is 0 Å². The van der Waals surface area contributed by atoms with Gasteiger partial charge in [0.15, 0.2) is 0 Å². The number of hydrogen-bond donors (Lipinski definition) is 0. The number of sulfone groups is 1. The van der Waals surface area contributed by atoms with E-state index < -0.39 is 9.84 Å². The van der Waals surface area contributed by atoms with Gasteiger partial charge in [-0.3, -0.25) is 0 Å². The SMILES string of the molecule is COCC1=Cc2cccc(Br)c2S1(=O)=O. The maximum atomic E-state index is 12.0. The quantitative estimate of drug-likeness (QED) is 0.838. The molecule has 15 heavy (non-hydrogen) atoms. The summed E-state index contributed by atoms with van der Waals surface area (Å²) >= 11 is 3.25. The molecule has 0 fully saturated rings. The Balaban J connectivity index is 2.64. The fourth-order valence-corrected chi connectivity index (χ4v) is 4.17. The van der Waals surface area contributed by atoms with E-state index in [2.05, 4.69) is 15.9 Å². The van der Waals surface area contributed by atoms with Crippen LogP contribution in [0.4, 0.5) is 0 Å². The number of fused-ring (bicyclic) bond motifs is 1. The van der Waals surface area contributed by atoms with E-state index in [1.54, 1.807) is 18.2 Å². The molecule has 1 aliphatic rings. The molecular formula is C10H9BrO3S. The molecule has 0 amide bonds. The fourth-order valence-electron chi connectivity index (χ4n) is 1.57. The van der Waals surface area contributed by atoms with Crippen LogP contribution in [0.2, 0.25) is 0 Å². The predicted molar refractivity (Wildman–Crippen MR) is 61.2 cm³/mol. The van der Waals surface area contributed by atoms with Crippen molar-refractivity contribution >= 4 is 31.8 Å². The molecule has 0 aliphatic carbocycles. The normalized spacial score (nSPS) is 17.3. The zero-order valence-corrected chi connectivity index (χ0v) is 10.4. The summed E-state index contributed by atoms with van der Waals surface area (Å²) in [5, 5.41) is 0. The Morgan fingerprint density at radius 1 is 1.40 bits per heavy atom. The van der Waals surface area contributed by atoms with Gasteiger partial charge in [-0.05, 0) is 33.6 Å². The molecule has 2 rings (SSSR count). The second kappa shape index (κ2) is 3.73. The molecular weight excluding hydrogens is 280 g/mol. The van der Waals surface area contributed by atoms with E-state index in [9.17, 15) is 8.42 Å². The van der Waals surface area contributed by atoms with Gasteiger partial charge in [0.25, 0.3) is 0 Å². The smallest absolute Gasteiger partial charge is 0.206 e. The monoisotopic (exact) mass is 288 g/mol. The number of methoxy groups -OCH3 is 1. The van der Waals surface area contributed by atoms with Gasteiger partial charge in [0.05, 0.1) is 16.4 Å². The first-order valence-corrected chi connectivity index (χ1v) is 6.58. The topological polar surface area (TPSA) is 43.4 Å². The summed E-state index contributed by atoms with van der Waals surface area (Å²) in [5.41, 5.74) is 0.719. The fraction of sp³-hybridized carbons (Fsp3) is 0.200. The molecule has 0 atom stereocenters. The lowest BCUT2D eigenvalue weighted by Gasteiger charge is -2.03. The molecule has 5 heteroatoms. The van der Waals surface area contributed by atoms with Crippen LogP contribution in [-0.2, 0) is 14.6 Å². The molecule has 0 radical (unpaired) electrons. The summed E-state index contributed by atoms with van der Waals surface area (Å²) < 4.78 is 29.5. The Morgan fingerprint density at radius 3 is 2.73 bits per heavy atom. The second-order valence-electron chi connectivity index (χ2n) is 3.21. The van der Waals surface area contributed by atoms with E-state index in [-0.39, 0.29) is 6.61 Å². The third-order valence-corrected chi connectivity index (χ3v) is 5.06. The van der Waals surface area contributed by atoms with Crippen LogP contribution >= 0.6 is 15.9 Å². The number of rotatable bonds is 2. The van der Waals surface area contributed by atoms with Gasteiger partial charge in [-0.25, -0.2) is 8.42 Å². The van der Waals surface area contributed by atoms with Crippen LogP contribution in [0.5, 0.6) is 0 Å². The van der Waals surface area contributed by atoms with Crippen molar-refractivity contribution in [2.45, 2.75) is 4.90 Å². The lowest BCUT2D eigenvalue weighted by atomic mass is 10.2. The lowest BCUT2D eigenvalue weighted by molar-refractivity contribution is 0.231. The number of ether oxygens (including phenoxy) is 1. The first-order valence-electron chi connectivity index (χ1n) is 4.30. The van der Waals surface area contributed by atoms with Crippen LogP contribution in [0.15, 0.2) is 32.5 Å². The van der Waals surface area contributed by atoms with Crippen LogP contribution in [0.1, 0.15) is 5.56 Å². The predicted octanol–water partition coefficient (Wildman–Crippen LogP) is 2.22.